The van der Waals surface area contributed by atoms with Gasteiger partial charge in [-0.15, -0.1) is 0 Å². The van der Waals surface area contributed by atoms with Crippen molar-refractivity contribution in [1.82, 2.24) is 10.5 Å². The molecular formula is C61H92N2O21. The van der Waals surface area contributed by atoms with Crippen LogP contribution in [0.5, 0.6) is 0 Å². The number of hydrogen-bond donors (Lipinski definition) is 8. The molecule has 8 N–H and O–H groups in total. The predicted octanol–water partition coefficient (Wildman–Crippen LogP) is 5.38. The zero-order valence-electron chi connectivity index (χ0n) is 50.7. The molecule has 5 heterocycles. The van der Waals surface area contributed by atoms with E-state index in [0.29, 0.717) is 17.6 Å². The van der Waals surface area contributed by atoms with Crippen molar-refractivity contribution in [2.24, 2.45) is 46.8 Å². The molecule has 472 valence electrons. The summed E-state index contributed by atoms with van der Waals surface area (Å²) in [5.74, 6) is -4.97. The molecule has 1 spiro atoms. The highest BCUT2D eigenvalue weighted by molar-refractivity contribution is 6.26. The second-order valence-corrected chi connectivity index (χ2v) is 26.0. The van der Waals surface area contributed by atoms with Crippen LogP contribution in [0.15, 0.2) is 58.4 Å². The average molecular weight is 1190 g/mol. The Bertz CT molecular complexity index is 2550. The molecule has 84 heavy (non-hydrogen) atoms. The number of rotatable bonds is 12. The van der Waals surface area contributed by atoms with Crippen molar-refractivity contribution in [3.8, 4) is 0 Å². The van der Waals surface area contributed by atoms with Crippen LogP contribution in [-0.4, -0.2) is 195 Å². The summed E-state index contributed by atoms with van der Waals surface area (Å²) in [6.45, 7) is 19.9. The fourth-order valence-corrected chi connectivity index (χ4v) is 15.8. The maximum Gasteiger partial charge on any atom is 0.407 e. The van der Waals surface area contributed by atoms with Gasteiger partial charge in [0.05, 0.1) is 80.2 Å². The molecule has 27 atom stereocenters. The molecule has 1 amide bonds. The van der Waals surface area contributed by atoms with E-state index >= 15 is 4.79 Å². The summed E-state index contributed by atoms with van der Waals surface area (Å²) in [4.78, 5) is 42.8. The summed E-state index contributed by atoms with van der Waals surface area (Å²) < 4.78 is 68.1. The number of nitrogens with one attached hydrogen (secondary N) is 1. The van der Waals surface area contributed by atoms with Crippen molar-refractivity contribution in [2.45, 2.75) is 237 Å². The molecule has 23 nitrogen and oxygen atoms in total. The Labute approximate surface area is 492 Å². The van der Waals surface area contributed by atoms with E-state index in [9.17, 15) is 45.5 Å². The summed E-state index contributed by atoms with van der Waals surface area (Å²) in [7, 11) is 2.70. The summed E-state index contributed by atoms with van der Waals surface area (Å²) in [6, 6.07) is -0.956. The minimum atomic E-state index is -1.81. The highest BCUT2D eigenvalue weighted by Gasteiger charge is 2.64. The SMILES string of the molecule is COC(=O)N[C@@H]1[C@H](C)O[C@@H](OC2CC=C(C)[C@H]3C=C[C@H]4[C@H](O[C@@H]5C[C@@H](O[C@@H]6C[C@@H](O)[C@@H](O[C@@H]7C[C@@H](O)[C@@H](OC)[C@H](C)O7)[C@H](C)O6)[C@@H](O)[C@H](C)O5)[C@H](C)C[C@@H](C)[C@@H]4[C@@]3(C)C(O)=C3C(=O)OC4(C[C@H](C)C(CO)=C[C@H]4C=C2C)C3=O)C[C@@]1(C)N(O)O. The van der Waals surface area contributed by atoms with Crippen molar-refractivity contribution in [1.29, 1.82) is 0 Å². The number of allylic oxidation sites excluding steroid dienone is 3. The number of carbonyl (C=O) groups is 3. The van der Waals surface area contributed by atoms with Crippen LogP contribution < -0.4 is 5.32 Å². The van der Waals surface area contributed by atoms with E-state index in [0.717, 1.165) is 5.57 Å². The van der Waals surface area contributed by atoms with Crippen LogP contribution >= 0.6 is 0 Å². The Morgan fingerprint density at radius 2 is 1.36 bits per heavy atom. The van der Waals surface area contributed by atoms with Crippen molar-refractivity contribution in [3.63, 3.8) is 0 Å². The molecule has 9 rings (SSSR count). The van der Waals surface area contributed by atoms with E-state index < -0.39 is 174 Å². The van der Waals surface area contributed by atoms with E-state index in [4.69, 9.17) is 52.1 Å². The molecule has 2 bridgehead atoms. The van der Waals surface area contributed by atoms with Gasteiger partial charge in [-0.05, 0) is 96.1 Å². The molecule has 23 heteroatoms. The highest BCUT2D eigenvalue weighted by atomic mass is 16.8. The fourth-order valence-electron chi connectivity index (χ4n) is 15.8. The summed E-state index contributed by atoms with van der Waals surface area (Å²) in [5, 5.41) is 81.5. The number of ketones is 1. The molecule has 2 unspecified atom stereocenters. The summed E-state index contributed by atoms with van der Waals surface area (Å²) in [6.07, 6.45) is -2.97. The third-order valence-electron chi connectivity index (χ3n) is 20.3. The molecular weight excluding hydrogens is 1100 g/mol. The lowest BCUT2D eigenvalue weighted by atomic mass is 9.49. The number of amides is 1. The number of aliphatic hydroxyl groups excluding tert-OH is 5. The van der Waals surface area contributed by atoms with E-state index in [2.05, 4.69) is 25.2 Å². The van der Waals surface area contributed by atoms with E-state index in [1.165, 1.54) is 14.2 Å². The molecule has 9 aliphatic rings. The first-order valence-electron chi connectivity index (χ1n) is 30.0. The van der Waals surface area contributed by atoms with Gasteiger partial charge in [0.1, 0.15) is 29.6 Å². The van der Waals surface area contributed by atoms with E-state index in [1.807, 2.05) is 39.8 Å². The first-order chi connectivity index (χ1) is 39.6. The van der Waals surface area contributed by atoms with Crippen LogP contribution in [0.4, 0.5) is 4.79 Å². The minimum Gasteiger partial charge on any atom is -0.511 e. The number of alkyl carbamates (subject to hydrolysis) is 1. The molecule has 1 saturated carbocycles. The molecule has 0 aromatic carbocycles. The average Bonchev–Trinajstić information content (AvgIpc) is 2.80. The number of esters is 1. The normalized spacial score (nSPS) is 47.4. The van der Waals surface area contributed by atoms with Crippen LogP contribution in [0.25, 0.3) is 0 Å². The Kier molecular flexibility index (Phi) is 19.6. The number of nitrogens with zero attached hydrogens (tertiary/aromatic N) is 1. The van der Waals surface area contributed by atoms with E-state index in [-0.39, 0.29) is 68.0 Å². The van der Waals surface area contributed by atoms with Crippen molar-refractivity contribution in [3.05, 3.63) is 58.4 Å². The van der Waals surface area contributed by atoms with Crippen LogP contribution in [0.3, 0.4) is 0 Å². The second-order valence-electron chi connectivity index (χ2n) is 26.0. The Morgan fingerprint density at radius 3 is 1.99 bits per heavy atom. The number of fused-ring (bicyclic) bond motifs is 4. The predicted molar refractivity (Wildman–Crippen MR) is 296 cm³/mol. The molecule has 5 saturated heterocycles. The summed E-state index contributed by atoms with van der Waals surface area (Å²) in [5.41, 5.74) is -3.04. The van der Waals surface area contributed by atoms with Gasteiger partial charge >= 0.3 is 12.1 Å². The van der Waals surface area contributed by atoms with Gasteiger partial charge in [0.25, 0.3) is 0 Å². The standard InChI is InChI=1S/C61H92N2O21/c1-27-14-17-42(80-47-25-59(10,63(72)73)54(35(9)79-47)62-58(71)75-13)28(2)19-37-20-36(26-64)31(5)24-61(37)56(69)48(57(70)84-61)55(68)60(11)39(27)16-15-38-49(60)29(3)18-30(4)51(38)82-46-23-43(50(67)32(6)76-46)81-44-22-41(66)53(34(8)78-44)83-45-21-40(65)52(74-12)33(7)77-45/h14-16,19-20,29-35,37-47,49-54,64-68,72-73H,17-18,21-26H2,1-13H3,(H,62,71)/t29-,30-,31+,32+,33+,34+,35+,37-,38-,39-,40-,41-,42?,43-,44-,45-,46-,47+,49+,50+,51-,52+,53+,54-,59-,60+,61?/m1/s1. The van der Waals surface area contributed by atoms with Gasteiger partial charge in [-0.3, -0.25) is 15.2 Å². The Balaban J connectivity index is 1.01. The van der Waals surface area contributed by atoms with Crippen molar-refractivity contribution in [2.75, 3.05) is 20.8 Å². The first kappa shape index (κ1) is 64.7. The lowest BCUT2D eigenvalue weighted by molar-refractivity contribution is -0.390. The van der Waals surface area contributed by atoms with E-state index in [1.54, 1.807) is 46.8 Å². The number of ether oxygens (including phenoxy) is 11. The molecule has 0 aromatic rings. The van der Waals surface area contributed by atoms with Crippen LogP contribution in [0.1, 0.15) is 121 Å². The van der Waals surface area contributed by atoms with Crippen LogP contribution in [-0.2, 0) is 61.7 Å². The van der Waals surface area contributed by atoms with Gasteiger partial charge in [-0.2, -0.15) is 0 Å². The summed E-state index contributed by atoms with van der Waals surface area (Å²) >= 11 is 0. The third-order valence-corrected chi connectivity index (χ3v) is 20.3. The Hall–Kier alpha value is -3.73. The largest absolute Gasteiger partial charge is 0.511 e. The number of methoxy groups -OCH3 is 2. The molecule has 5 aliphatic heterocycles. The molecule has 0 radical (unpaired) electrons. The van der Waals surface area contributed by atoms with Crippen molar-refractivity contribution < 1.29 is 102 Å². The maximum absolute atomic E-state index is 15.6. The zero-order valence-corrected chi connectivity index (χ0v) is 50.7. The number of hydrogen-bond acceptors (Lipinski definition) is 22. The van der Waals surface area contributed by atoms with Gasteiger partial charge in [-0.25, -0.2) is 9.59 Å². The molecule has 0 aromatic heterocycles. The highest BCUT2D eigenvalue weighted by Crippen LogP contribution is 2.61. The second kappa shape index (κ2) is 25.4. The topological polar surface area (TPSA) is 310 Å². The number of hydroxylamine groups is 2. The quantitative estimate of drug-likeness (QED) is 0.0527. The van der Waals surface area contributed by atoms with Gasteiger partial charge in [0.15, 0.2) is 30.8 Å². The van der Waals surface area contributed by atoms with Crippen LogP contribution in [0, 0.1) is 46.8 Å². The maximum atomic E-state index is 15.6. The van der Waals surface area contributed by atoms with Crippen molar-refractivity contribution >= 4 is 17.8 Å². The number of Topliss-reactive ketones (excluding diaryl/α,β-unsaturated/α-hetero) is 1. The van der Waals surface area contributed by atoms with Gasteiger partial charge < -0.3 is 83.0 Å². The van der Waals surface area contributed by atoms with Gasteiger partial charge in [0.2, 0.25) is 5.78 Å². The molecule has 4 aliphatic carbocycles. The smallest absolute Gasteiger partial charge is 0.407 e. The van der Waals surface area contributed by atoms with Crippen LogP contribution in [0.2, 0.25) is 0 Å². The first-order valence-corrected chi connectivity index (χ1v) is 30.0. The molecule has 6 fully saturated rings. The number of carbonyl (C=O) groups excluding carboxylic acids is 3. The fraction of sp³-hybridized carbons (Fsp3) is 0.787. The van der Waals surface area contributed by atoms with Gasteiger partial charge in [-0.1, -0.05) is 68.9 Å². The van der Waals surface area contributed by atoms with Gasteiger partial charge in [0, 0.05) is 62.4 Å². The monoisotopic (exact) mass is 1190 g/mol. The zero-order chi connectivity index (χ0) is 61.2. The third kappa shape index (κ3) is 12.0. The lowest BCUT2D eigenvalue weighted by Crippen LogP contribution is -2.68. The Morgan fingerprint density at radius 1 is 0.738 bits per heavy atom. The minimum absolute atomic E-state index is 0.0180. The number of aliphatic hydroxyl groups is 5. The lowest BCUT2D eigenvalue weighted by Gasteiger charge is -2.56.